The Morgan fingerprint density at radius 3 is 2.31 bits per heavy atom. The molecule has 1 amide bonds. The number of anilines is 1. The molecule has 1 heterocycles. The number of rotatable bonds is 5. The molecule has 0 fully saturated rings. The Labute approximate surface area is 187 Å². The van der Waals surface area contributed by atoms with Gasteiger partial charge in [0.2, 0.25) is 0 Å². The largest absolute Gasteiger partial charge is 0.444 e. The molecule has 0 saturated carbocycles. The number of alkyl carbamates (subject to hydrolysis) is 1. The zero-order valence-corrected chi connectivity index (χ0v) is 18.4. The Bertz CT molecular complexity index is 1010. The summed E-state index contributed by atoms with van der Waals surface area (Å²) in [4.78, 5) is 16.0. The van der Waals surface area contributed by atoms with Crippen LogP contribution in [-0.2, 0) is 10.9 Å². The number of carbonyl (C=O) groups is 1. The van der Waals surface area contributed by atoms with Crippen LogP contribution in [0.2, 0.25) is 5.15 Å². The Kier molecular flexibility index (Phi) is 7.57. The van der Waals surface area contributed by atoms with Gasteiger partial charge in [0.05, 0.1) is 23.2 Å². The van der Waals surface area contributed by atoms with E-state index in [1.807, 2.05) is 0 Å². The molecule has 1 aromatic carbocycles. The van der Waals surface area contributed by atoms with Gasteiger partial charge in [-0.1, -0.05) is 23.7 Å². The molecule has 6 nitrogen and oxygen atoms in total. The predicted octanol–water partition coefficient (Wildman–Crippen LogP) is 5.83. The fourth-order valence-electron chi connectivity index (χ4n) is 2.75. The maximum atomic E-state index is 14.5. The second-order valence-corrected chi connectivity index (χ2v) is 8.30. The third-order valence-electron chi connectivity index (χ3n) is 4.18. The van der Waals surface area contributed by atoms with E-state index in [1.165, 1.54) is 12.1 Å². The van der Waals surface area contributed by atoms with E-state index in [0.29, 0.717) is 5.56 Å². The molecular formula is C21H21ClF4N4O2. The van der Waals surface area contributed by atoms with E-state index >= 15 is 0 Å². The number of amides is 1. The minimum absolute atomic E-state index is 0.180. The number of pyridine rings is 1. The van der Waals surface area contributed by atoms with Gasteiger partial charge in [-0.2, -0.15) is 18.4 Å². The summed E-state index contributed by atoms with van der Waals surface area (Å²) >= 11 is 5.88. The summed E-state index contributed by atoms with van der Waals surface area (Å²) in [6, 6.07) is 5.04. The van der Waals surface area contributed by atoms with Gasteiger partial charge < -0.3 is 15.4 Å². The number of hydrogen-bond donors (Lipinski definition) is 2. The average molecular weight is 473 g/mol. The summed E-state index contributed by atoms with van der Waals surface area (Å²) in [6.45, 7) is 6.56. The molecular weight excluding hydrogens is 452 g/mol. The molecule has 32 heavy (non-hydrogen) atoms. The van der Waals surface area contributed by atoms with Crippen molar-refractivity contribution in [1.82, 2.24) is 10.3 Å². The summed E-state index contributed by atoms with van der Waals surface area (Å²) in [7, 11) is 0. The molecule has 0 bridgehead atoms. The highest BCUT2D eigenvalue weighted by Gasteiger charge is 2.31. The number of alkyl halides is 3. The smallest absolute Gasteiger partial charge is 0.416 e. The zero-order valence-electron chi connectivity index (χ0n) is 17.6. The summed E-state index contributed by atoms with van der Waals surface area (Å²) in [5.41, 5.74) is -1.52. The topological polar surface area (TPSA) is 87.0 Å². The molecule has 0 spiro atoms. The maximum absolute atomic E-state index is 14.5. The van der Waals surface area contributed by atoms with Crippen LogP contribution in [0.25, 0.3) is 0 Å². The Morgan fingerprint density at radius 2 is 1.81 bits per heavy atom. The SMILES string of the molecule is C[C@H](NC(=O)OC(C)(C)C)[C@H](Nc1nc(Cl)c(C#N)cc1F)c1ccc(C(F)(F)F)cc1. The van der Waals surface area contributed by atoms with Crippen LogP contribution in [0.15, 0.2) is 30.3 Å². The summed E-state index contributed by atoms with van der Waals surface area (Å²) in [6.07, 6.45) is -5.30. The highest BCUT2D eigenvalue weighted by Crippen LogP contribution is 2.32. The van der Waals surface area contributed by atoms with Gasteiger partial charge in [0.1, 0.15) is 16.8 Å². The van der Waals surface area contributed by atoms with E-state index in [2.05, 4.69) is 15.6 Å². The lowest BCUT2D eigenvalue weighted by Crippen LogP contribution is -2.42. The minimum atomic E-state index is -4.53. The first-order valence-corrected chi connectivity index (χ1v) is 9.78. The number of aromatic nitrogens is 1. The van der Waals surface area contributed by atoms with Crippen LogP contribution >= 0.6 is 11.6 Å². The second kappa shape index (κ2) is 9.61. The van der Waals surface area contributed by atoms with E-state index in [4.69, 9.17) is 21.6 Å². The fourth-order valence-corrected chi connectivity index (χ4v) is 2.93. The highest BCUT2D eigenvalue weighted by molar-refractivity contribution is 6.30. The van der Waals surface area contributed by atoms with Crippen LogP contribution in [0.5, 0.6) is 0 Å². The quantitative estimate of drug-likeness (QED) is 0.422. The summed E-state index contributed by atoms with van der Waals surface area (Å²) in [5, 5.41) is 14.0. The van der Waals surface area contributed by atoms with E-state index in [-0.39, 0.29) is 16.5 Å². The van der Waals surface area contributed by atoms with E-state index in [1.54, 1.807) is 33.8 Å². The first-order chi connectivity index (χ1) is 14.7. The Morgan fingerprint density at radius 1 is 1.22 bits per heavy atom. The predicted molar refractivity (Wildman–Crippen MR) is 111 cm³/mol. The van der Waals surface area contributed by atoms with Crippen LogP contribution < -0.4 is 10.6 Å². The molecule has 2 rings (SSSR count). The first kappa shape index (κ1) is 25.2. The Hall–Kier alpha value is -3.06. The van der Waals surface area contributed by atoms with E-state index in [9.17, 15) is 22.4 Å². The lowest BCUT2D eigenvalue weighted by Gasteiger charge is -2.29. The van der Waals surface area contributed by atoms with E-state index in [0.717, 1.165) is 18.2 Å². The second-order valence-electron chi connectivity index (χ2n) is 7.95. The molecule has 2 aromatic rings. The Balaban J connectivity index is 2.40. The summed E-state index contributed by atoms with van der Waals surface area (Å²) < 4.78 is 58.5. The highest BCUT2D eigenvalue weighted by atomic mass is 35.5. The molecule has 0 saturated heterocycles. The van der Waals surface area contributed by atoms with Gasteiger partial charge in [0.15, 0.2) is 11.6 Å². The van der Waals surface area contributed by atoms with Crippen molar-refractivity contribution in [2.75, 3.05) is 5.32 Å². The molecule has 0 aliphatic heterocycles. The molecule has 0 aliphatic carbocycles. The standard InChI is InChI=1S/C21H21ClF4N4O2/c1-11(28-19(31)32-20(2,3)4)16(12-5-7-14(8-6-12)21(24,25)26)29-18-15(23)9-13(10-27)17(22)30-18/h5-9,11,16H,1-4H3,(H,28,31)(H,29,30)/t11-,16-/m0/s1. The molecule has 0 aliphatic rings. The fraction of sp³-hybridized carbons (Fsp3) is 0.381. The molecule has 172 valence electrons. The maximum Gasteiger partial charge on any atom is 0.416 e. The van der Waals surface area contributed by atoms with Crippen molar-refractivity contribution in [1.29, 1.82) is 5.26 Å². The molecule has 0 unspecified atom stereocenters. The molecule has 11 heteroatoms. The molecule has 1 aromatic heterocycles. The number of nitrogens with one attached hydrogen (secondary N) is 2. The van der Waals surface area contributed by atoms with Gasteiger partial charge in [0.25, 0.3) is 0 Å². The molecule has 2 N–H and O–H groups in total. The van der Waals surface area contributed by atoms with Crippen molar-refractivity contribution < 1.29 is 27.1 Å². The van der Waals surface area contributed by atoms with Crippen molar-refractivity contribution in [2.45, 2.75) is 51.6 Å². The molecule has 0 radical (unpaired) electrons. The number of carbonyl (C=O) groups excluding carboxylic acids is 1. The van der Waals surface area contributed by atoms with Crippen LogP contribution in [0.1, 0.15) is 50.4 Å². The number of hydrogen-bond acceptors (Lipinski definition) is 5. The van der Waals surface area contributed by atoms with Crippen molar-refractivity contribution in [3.63, 3.8) is 0 Å². The third kappa shape index (κ3) is 6.72. The normalized spacial score (nSPS) is 13.6. The van der Waals surface area contributed by atoms with Gasteiger partial charge in [-0.15, -0.1) is 0 Å². The first-order valence-electron chi connectivity index (χ1n) is 9.40. The van der Waals surface area contributed by atoms with Gasteiger partial charge in [-0.25, -0.2) is 14.2 Å². The van der Waals surface area contributed by atoms with Crippen molar-refractivity contribution in [3.8, 4) is 6.07 Å². The summed E-state index contributed by atoms with van der Waals surface area (Å²) in [5.74, 6) is -1.23. The van der Waals surface area contributed by atoms with Crippen LogP contribution in [0.4, 0.5) is 28.2 Å². The lowest BCUT2D eigenvalue weighted by atomic mass is 9.98. The van der Waals surface area contributed by atoms with Crippen molar-refractivity contribution in [2.24, 2.45) is 0 Å². The number of halogens is 5. The molecule has 2 atom stereocenters. The number of ether oxygens (including phenoxy) is 1. The zero-order chi connectivity index (χ0) is 24.3. The number of nitrogens with zero attached hydrogens (tertiary/aromatic N) is 2. The monoisotopic (exact) mass is 472 g/mol. The third-order valence-corrected chi connectivity index (χ3v) is 4.47. The van der Waals surface area contributed by atoms with E-state index < -0.39 is 41.3 Å². The van der Waals surface area contributed by atoms with Crippen LogP contribution in [0.3, 0.4) is 0 Å². The van der Waals surface area contributed by atoms with Crippen LogP contribution in [-0.4, -0.2) is 22.7 Å². The van der Waals surface area contributed by atoms with Crippen molar-refractivity contribution in [3.05, 3.63) is 58.0 Å². The van der Waals surface area contributed by atoms with Gasteiger partial charge in [0, 0.05) is 0 Å². The van der Waals surface area contributed by atoms with Gasteiger partial charge in [-0.3, -0.25) is 0 Å². The number of nitriles is 1. The van der Waals surface area contributed by atoms with Crippen LogP contribution in [0, 0.1) is 17.1 Å². The lowest BCUT2D eigenvalue weighted by molar-refractivity contribution is -0.137. The van der Waals surface area contributed by atoms with Gasteiger partial charge in [-0.05, 0) is 51.5 Å². The minimum Gasteiger partial charge on any atom is -0.444 e. The number of benzene rings is 1. The van der Waals surface area contributed by atoms with Gasteiger partial charge >= 0.3 is 12.3 Å². The van der Waals surface area contributed by atoms with Crippen molar-refractivity contribution >= 4 is 23.5 Å². The average Bonchev–Trinajstić information content (AvgIpc) is 2.66.